The number of nitrogen functional groups attached to an aromatic ring is 1. The summed E-state index contributed by atoms with van der Waals surface area (Å²) in [5.74, 6) is 0.776. The quantitative estimate of drug-likeness (QED) is 0.432. The number of para-hydroxylation sites is 2. The van der Waals surface area contributed by atoms with E-state index in [9.17, 15) is 0 Å². The van der Waals surface area contributed by atoms with E-state index in [1.165, 1.54) is 0 Å². The van der Waals surface area contributed by atoms with Gasteiger partial charge in [-0.1, -0.05) is 18.2 Å². The summed E-state index contributed by atoms with van der Waals surface area (Å²) in [5, 5.41) is 0. The highest BCUT2D eigenvalue weighted by atomic mass is 28.1. The molecule has 1 aromatic carbocycles. The third kappa shape index (κ3) is 2.58. The summed E-state index contributed by atoms with van der Waals surface area (Å²) >= 11 is 0. The lowest BCUT2D eigenvalue weighted by atomic mass is 10.3. The lowest BCUT2D eigenvalue weighted by molar-refractivity contribution is 0.319. The molecule has 1 rings (SSSR count). The van der Waals surface area contributed by atoms with Crippen LogP contribution in [-0.4, -0.2) is 16.8 Å². The Morgan fingerprint density at radius 1 is 1.33 bits per heavy atom. The Kier molecular flexibility index (Phi) is 3.67. The molecule has 2 N–H and O–H groups in total. The second kappa shape index (κ2) is 4.82. The van der Waals surface area contributed by atoms with Crippen molar-refractivity contribution < 1.29 is 4.74 Å². The Bertz CT molecular complexity index is 240. The molecule has 0 atom stereocenters. The molecule has 2 nitrogen and oxygen atoms in total. The van der Waals surface area contributed by atoms with Crippen molar-refractivity contribution in [2.75, 3.05) is 12.3 Å². The summed E-state index contributed by atoms with van der Waals surface area (Å²) in [4.78, 5) is 0. The van der Waals surface area contributed by atoms with Crippen molar-refractivity contribution in [2.24, 2.45) is 0 Å². The van der Waals surface area contributed by atoms with Gasteiger partial charge < -0.3 is 10.5 Å². The van der Waals surface area contributed by atoms with Crippen LogP contribution in [0.3, 0.4) is 0 Å². The highest BCUT2D eigenvalue weighted by Gasteiger charge is 1.96. The first-order valence-electron chi connectivity index (χ1n) is 3.96. The molecule has 1 aromatic rings. The Morgan fingerprint density at radius 2 is 2.08 bits per heavy atom. The third-order valence-electron chi connectivity index (χ3n) is 1.50. The van der Waals surface area contributed by atoms with Crippen LogP contribution in [0.5, 0.6) is 5.75 Å². The molecule has 0 saturated heterocycles. The average Bonchev–Trinajstić information content (AvgIpc) is 2.09. The van der Waals surface area contributed by atoms with Gasteiger partial charge in [-0.05, 0) is 18.6 Å². The zero-order valence-corrected chi connectivity index (χ0v) is 7.92. The number of nitrogens with two attached hydrogens (primary N) is 1. The van der Waals surface area contributed by atoms with Gasteiger partial charge in [0.15, 0.2) is 0 Å². The van der Waals surface area contributed by atoms with Gasteiger partial charge >= 0.3 is 0 Å². The van der Waals surface area contributed by atoms with E-state index in [2.05, 4.69) is 10.2 Å². The second-order valence-corrected chi connectivity index (χ2v) is 2.99. The van der Waals surface area contributed by atoms with Crippen molar-refractivity contribution in [3.8, 4) is 5.75 Å². The van der Waals surface area contributed by atoms with Crippen LogP contribution in [0.4, 0.5) is 5.69 Å². The van der Waals surface area contributed by atoms with Gasteiger partial charge in [0, 0.05) is 10.2 Å². The fourth-order valence-corrected chi connectivity index (χ4v) is 1.01. The third-order valence-corrected chi connectivity index (χ3v) is 1.85. The van der Waals surface area contributed by atoms with Crippen LogP contribution in [-0.2, 0) is 0 Å². The summed E-state index contributed by atoms with van der Waals surface area (Å²) < 4.78 is 5.42. The van der Waals surface area contributed by atoms with Gasteiger partial charge in [-0.25, -0.2) is 0 Å². The van der Waals surface area contributed by atoms with E-state index in [-0.39, 0.29) is 0 Å². The summed E-state index contributed by atoms with van der Waals surface area (Å²) in [6.07, 6.45) is 0.991. The molecule has 0 aliphatic carbocycles. The van der Waals surface area contributed by atoms with Crippen LogP contribution in [0.1, 0.15) is 6.42 Å². The number of benzene rings is 1. The molecule has 0 amide bonds. The van der Waals surface area contributed by atoms with Gasteiger partial charge in [-0.2, -0.15) is 0 Å². The van der Waals surface area contributed by atoms with E-state index in [4.69, 9.17) is 10.5 Å². The van der Waals surface area contributed by atoms with E-state index in [1.807, 2.05) is 24.3 Å². The van der Waals surface area contributed by atoms with Gasteiger partial charge in [-0.15, -0.1) is 0 Å². The monoisotopic (exact) mass is 178 g/mol. The van der Waals surface area contributed by atoms with E-state index in [1.54, 1.807) is 0 Å². The minimum Gasteiger partial charge on any atom is -0.491 e. The predicted octanol–water partition coefficient (Wildman–Crippen LogP) is 1.62. The van der Waals surface area contributed by atoms with Gasteiger partial charge in [0.25, 0.3) is 0 Å². The first-order chi connectivity index (χ1) is 5.84. The van der Waals surface area contributed by atoms with Gasteiger partial charge in [0.05, 0.1) is 12.3 Å². The summed E-state index contributed by atoms with van der Waals surface area (Å²) in [7, 11) is 3.37. The lowest BCUT2D eigenvalue weighted by Gasteiger charge is -2.06. The number of ether oxygens (including phenoxy) is 1. The van der Waals surface area contributed by atoms with E-state index < -0.39 is 0 Å². The number of hydrogen-bond donors (Lipinski definition) is 1. The van der Waals surface area contributed by atoms with Crippen molar-refractivity contribution in [2.45, 2.75) is 12.5 Å². The van der Waals surface area contributed by atoms with Crippen LogP contribution in [0, 0.1) is 0 Å². The minimum absolute atomic E-state index is 0.700. The zero-order chi connectivity index (χ0) is 8.81. The molecule has 0 saturated carbocycles. The van der Waals surface area contributed by atoms with Gasteiger partial charge in [-0.3, -0.25) is 0 Å². The molecule has 0 fully saturated rings. The number of rotatable bonds is 4. The number of hydrogen-bond acceptors (Lipinski definition) is 2. The summed E-state index contributed by atoms with van der Waals surface area (Å²) in [6.45, 7) is 0.706. The summed E-state index contributed by atoms with van der Waals surface area (Å²) in [5.41, 5.74) is 6.37. The first kappa shape index (κ1) is 9.13. The average molecular weight is 178 g/mol. The first-order valence-corrected chi connectivity index (χ1v) is 4.67. The maximum Gasteiger partial charge on any atom is 0.142 e. The molecule has 0 spiro atoms. The van der Waals surface area contributed by atoms with Crippen molar-refractivity contribution in [3.63, 3.8) is 0 Å². The molecular weight excluding hydrogens is 166 g/mol. The standard InChI is InChI=1S/C9H12NOSi/c10-8-4-1-2-5-9(8)11-6-3-7-12/h1-2,4-5H,3,6-7,10H2. The molecule has 0 aliphatic rings. The Labute approximate surface area is 76.2 Å². The molecule has 12 heavy (non-hydrogen) atoms. The molecule has 0 aliphatic heterocycles. The van der Waals surface area contributed by atoms with Crippen LogP contribution in [0.25, 0.3) is 0 Å². The lowest BCUT2D eigenvalue weighted by Crippen LogP contribution is -1.99. The maximum atomic E-state index is 5.67. The normalized spacial score (nSPS) is 9.75. The van der Waals surface area contributed by atoms with Crippen molar-refractivity contribution >= 4 is 15.9 Å². The Morgan fingerprint density at radius 3 is 2.75 bits per heavy atom. The molecule has 0 heterocycles. The van der Waals surface area contributed by atoms with Crippen molar-refractivity contribution in [3.05, 3.63) is 24.3 Å². The molecule has 0 aromatic heterocycles. The van der Waals surface area contributed by atoms with Gasteiger partial charge in [0.1, 0.15) is 5.75 Å². The Balaban J connectivity index is 2.46. The predicted molar refractivity (Wildman–Crippen MR) is 51.5 cm³/mol. The SMILES string of the molecule is Nc1ccccc1OCCC[Si]. The molecular formula is C9H12NOSi. The smallest absolute Gasteiger partial charge is 0.142 e. The fourth-order valence-electron chi connectivity index (χ4n) is 0.866. The zero-order valence-electron chi connectivity index (χ0n) is 6.92. The minimum atomic E-state index is 0.700. The van der Waals surface area contributed by atoms with Crippen LogP contribution >= 0.6 is 0 Å². The Hall–Kier alpha value is -0.963. The maximum absolute atomic E-state index is 5.67. The topological polar surface area (TPSA) is 35.2 Å². The highest BCUT2D eigenvalue weighted by molar-refractivity contribution is 6.08. The fraction of sp³-hybridized carbons (Fsp3) is 0.333. The van der Waals surface area contributed by atoms with Crippen LogP contribution in [0.15, 0.2) is 24.3 Å². The number of anilines is 1. The van der Waals surface area contributed by atoms with Crippen molar-refractivity contribution in [1.29, 1.82) is 0 Å². The summed E-state index contributed by atoms with van der Waals surface area (Å²) in [6, 6.07) is 8.48. The molecule has 3 radical (unpaired) electrons. The molecule has 63 valence electrons. The second-order valence-electron chi connectivity index (χ2n) is 2.49. The van der Waals surface area contributed by atoms with Crippen LogP contribution in [0.2, 0.25) is 6.04 Å². The largest absolute Gasteiger partial charge is 0.491 e. The van der Waals surface area contributed by atoms with E-state index >= 15 is 0 Å². The molecule has 0 bridgehead atoms. The highest BCUT2D eigenvalue weighted by Crippen LogP contribution is 2.19. The molecule has 3 heteroatoms. The van der Waals surface area contributed by atoms with Crippen molar-refractivity contribution in [1.82, 2.24) is 0 Å². The van der Waals surface area contributed by atoms with Crippen LogP contribution < -0.4 is 10.5 Å². The van der Waals surface area contributed by atoms with E-state index in [0.29, 0.717) is 12.3 Å². The van der Waals surface area contributed by atoms with Gasteiger partial charge in [0.2, 0.25) is 0 Å². The van der Waals surface area contributed by atoms with E-state index in [0.717, 1.165) is 18.2 Å². The molecule has 0 unspecified atom stereocenters.